The molecule has 0 unspecified atom stereocenters. The number of allylic oxidation sites excluding steroid dienone is 1. The SMILES string of the molecule is C=CCc1cc[c]cc1.Nc1cc[c]cc1. The van der Waals surface area contributed by atoms with Gasteiger partial charge in [0.05, 0.1) is 0 Å². The van der Waals surface area contributed by atoms with Crippen molar-refractivity contribution >= 4 is 5.69 Å². The summed E-state index contributed by atoms with van der Waals surface area (Å²) in [7, 11) is 0. The summed E-state index contributed by atoms with van der Waals surface area (Å²) in [5.41, 5.74) is 7.42. The fourth-order valence-electron chi connectivity index (χ4n) is 1.12. The van der Waals surface area contributed by atoms with Gasteiger partial charge in [0.25, 0.3) is 0 Å². The van der Waals surface area contributed by atoms with Gasteiger partial charge in [-0.25, -0.2) is 0 Å². The quantitative estimate of drug-likeness (QED) is 0.596. The van der Waals surface area contributed by atoms with E-state index in [9.17, 15) is 0 Å². The van der Waals surface area contributed by atoms with Gasteiger partial charge in [0, 0.05) is 5.69 Å². The van der Waals surface area contributed by atoms with Crippen molar-refractivity contribution in [2.24, 2.45) is 0 Å². The van der Waals surface area contributed by atoms with Crippen LogP contribution in [-0.2, 0) is 6.42 Å². The molecule has 80 valence electrons. The van der Waals surface area contributed by atoms with Crippen molar-refractivity contribution in [3.8, 4) is 0 Å². The van der Waals surface area contributed by atoms with Crippen molar-refractivity contribution < 1.29 is 0 Å². The summed E-state index contributed by atoms with van der Waals surface area (Å²) in [5, 5.41) is 0. The molecule has 0 spiro atoms. The average Bonchev–Trinajstić information content (AvgIpc) is 2.33. The van der Waals surface area contributed by atoms with Gasteiger partial charge in [0.1, 0.15) is 0 Å². The Morgan fingerprint density at radius 2 is 1.50 bits per heavy atom. The highest BCUT2D eigenvalue weighted by Crippen LogP contribution is 1.98. The number of nitrogen functional groups attached to an aromatic ring is 1. The highest BCUT2D eigenvalue weighted by molar-refractivity contribution is 5.35. The molecule has 2 N–H and O–H groups in total. The molecule has 2 aromatic carbocycles. The molecular weight excluding hydrogens is 194 g/mol. The molecule has 16 heavy (non-hydrogen) atoms. The van der Waals surface area contributed by atoms with Gasteiger partial charge >= 0.3 is 0 Å². The van der Waals surface area contributed by atoms with E-state index in [0.717, 1.165) is 12.1 Å². The predicted octanol–water partition coefficient (Wildman–Crippen LogP) is 3.28. The second-order valence-electron chi connectivity index (χ2n) is 3.23. The van der Waals surface area contributed by atoms with Crippen molar-refractivity contribution in [3.05, 3.63) is 78.9 Å². The third kappa shape index (κ3) is 5.01. The molecule has 0 aliphatic rings. The Bertz CT molecular complexity index is 392. The van der Waals surface area contributed by atoms with E-state index in [0.29, 0.717) is 0 Å². The fourth-order valence-corrected chi connectivity index (χ4v) is 1.12. The standard InChI is InChI=1S/C9H9.C6H6N/c1-2-6-9-7-4-3-5-8-9;7-6-4-2-1-3-5-6/h2,4-5,7-8H,1,6H2;2-5H,7H2. The van der Waals surface area contributed by atoms with E-state index in [1.54, 1.807) is 24.3 Å². The largest absolute Gasteiger partial charge is 0.399 e. The third-order valence-electron chi connectivity index (χ3n) is 1.91. The van der Waals surface area contributed by atoms with E-state index in [2.05, 4.69) is 18.7 Å². The molecule has 0 amide bonds. The zero-order chi connectivity index (χ0) is 11.6. The predicted molar refractivity (Wildman–Crippen MR) is 68.9 cm³/mol. The molecular formula is C15H15N. The lowest BCUT2D eigenvalue weighted by molar-refractivity contribution is 1.28. The molecule has 2 radical (unpaired) electrons. The third-order valence-corrected chi connectivity index (χ3v) is 1.91. The highest BCUT2D eigenvalue weighted by atomic mass is 14.5. The number of nitrogens with two attached hydrogens (primary N) is 1. The Balaban J connectivity index is 0.000000165. The molecule has 0 saturated heterocycles. The molecule has 0 aliphatic carbocycles. The maximum atomic E-state index is 5.34. The van der Waals surface area contributed by atoms with Crippen molar-refractivity contribution in [1.29, 1.82) is 0 Å². The first-order valence-corrected chi connectivity index (χ1v) is 5.10. The van der Waals surface area contributed by atoms with Crippen LogP contribution in [0.4, 0.5) is 5.69 Å². The van der Waals surface area contributed by atoms with Gasteiger partial charge in [-0.2, -0.15) is 0 Å². The van der Waals surface area contributed by atoms with Crippen LogP contribution in [0.3, 0.4) is 0 Å². The lowest BCUT2D eigenvalue weighted by Crippen LogP contribution is -1.79. The van der Waals surface area contributed by atoms with Gasteiger partial charge in [0.2, 0.25) is 0 Å². The van der Waals surface area contributed by atoms with Crippen molar-refractivity contribution in [2.75, 3.05) is 5.73 Å². The first-order valence-electron chi connectivity index (χ1n) is 5.10. The van der Waals surface area contributed by atoms with Gasteiger partial charge < -0.3 is 5.73 Å². The average molecular weight is 209 g/mol. The fraction of sp³-hybridized carbons (Fsp3) is 0.0667. The maximum Gasteiger partial charge on any atom is 0.0314 e. The highest BCUT2D eigenvalue weighted by Gasteiger charge is 1.82. The summed E-state index contributed by atoms with van der Waals surface area (Å²) in [6.07, 6.45) is 2.85. The van der Waals surface area contributed by atoms with Crippen molar-refractivity contribution in [1.82, 2.24) is 0 Å². The van der Waals surface area contributed by atoms with Crippen molar-refractivity contribution in [3.63, 3.8) is 0 Å². The maximum absolute atomic E-state index is 5.34. The van der Waals surface area contributed by atoms with Crippen LogP contribution in [0.1, 0.15) is 5.56 Å². The molecule has 2 aromatic rings. The van der Waals surface area contributed by atoms with Crippen LogP contribution in [0.2, 0.25) is 0 Å². The minimum Gasteiger partial charge on any atom is -0.399 e. The zero-order valence-electron chi connectivity index (χ0n) is 9.19. The molecule has 0 aliphatic heterocycles. The van der Waals surface area contributed by atoms with E-state index in [4.69, 9.17) is 5.73 Å². The molecule has 1 heteroatoms. The number of hydrogen-bond donors (Lipinski definition) is 1. The van der Waals surface area contributed by atoms with Crippen LogP contribution in [0, 0.1) is 12.1 Å². The number of benzene rings is 2. The van der Waals surface area contributed by atoms with Gasteiger partial charge in [-0.15, -0.1) is 6.58 Å². The van der Waals surface area contributed by atoms with Crippen LogP contribution in [0.25, 0.3) is 0 Å². The van der Waals surface area contributed by atoms with Crippen LogP contribution >= 0.6 is 0 Å². The first-order chi connectivity index (χ1) is 7.83. The van der Waals surface area contributed by atoms with Gasteiger partial charge in [0.15, 0.2) is 0 Å². The Hall–Kier alpha value is -2.02. The summed E-state index contributed by atoms with van der Waals surface area (Å²) < 4.78 is 0. The first kappa shape index (κ1) is 12.1. The van der Waals surface area contributed by atoms with Gasteiger partial charge in [-0.05, 0) is 36.2 Å². The van der Waals surface area contributed by atoms with Gasteiger partial charge in [-0.3, -0.25) is 0 Å². The van der Waals surface area contributed by atoms with E-state index in [1.165, 1.54) is 5.56 Å². The Morgan fingerprint density at radius 3 is 1.88 bits per heavy atom. The van der Waals surface area contributed by atoms with Gasteiger partial charge in [-0.1, -0.05) is 42.5 Å². The topological polar surface area (TPSA) is 26.0 Å². The normalized spacial score (nSPS) is 8.75. The molecule has 0 saturated carbocycles. The minimum absolute atomic E-state index is 0.791. The summed E-state index contributed by atoms with van der Waals surface area (Å²) >= 11 is 0. The summed E-state index contributed by atoms with van der Waals surface area (Å²) in [6, 6.07) is 20.9. The number of rotatable bonds is 2. The zero-order valence-corrected chi connectivity index (χ0v) is 9.19. The number of anilines is 1. The summed E-state index contributed by atoms with van der Waals surface area (Å²) in [6.45, 7) is 3.65. The van der Waals surface area contributed by atoms with E-state index in [-0.39, 0.29) is 0 Å². The molecule has 0 fully saturated rings. The second kappa shape index (κ2) is 7.30. The Kier molecular flexibility index (Phi) is 5.49. The van der Waals surface area contributed by atoms with E-state index in [1.807, 2.05) is 30.3 Å². The molecule has 0 atom stereocenters. The second-order valence-corrected chi connectivity index (χ2v) is 3.23. The Labute approximate surface area is 97.2 Å². The lowest BCUT2D eigenvalue weighted by atomic mass is 10.2. The van der Waals surface area contributed by atoms with Crippen LogP contribution < -0.4 is 5.73 Å². The monoisotopic (exact) mass is 209 g/mol. The van der Waals surface area contributed by atoms with Crippen molar-refractivity contribution in [2.45, 2.75) is 6.42 Å². The molecule has 0 aromatic heterocycles. The smallest absolute Gasteiger partial charge is 0.0314 e. The van der Waals surface area contributed by atoms with Crippen LogP contribution in [0.5, 0.6) is 0 Å². The molecule has 2 rings (SSSR count). The molecule has 1 nitrogen and oxygen atoms in total. The lowest BCUT2D eigenvalue weighted by Gasteiger charge is -1.90. The van der Waals surface area contributed by atoms with E-state index >= 15 is 0 Å². The Morgan fingerprint density at radius 1 is 1.00 bits per heavy atom. The number of hydrogen-bond acceptors (Lipinski definition) is 1. The van der Waals surface area contributed by atoms with Crippen LogP contribution in [0.15, 0.2) is 61.2 Å². The summed E-state index contributed by atoms with van der Waals surface area (Å²) in [4.78, 5) is 0. The summed E-state index contributed by atoms with van der Waals surface area (Å²) in [5.74, 6) is 0. The van der Waals surface area contributed by atoms with E-state index < -0.39 is 0 Å². The van der Waals surface area contributed by atoms with Crippen LogP contribution in [-0.4, -0.2) is 0 Å². The minimum atomic E-state index is 0.791. The molecule has 0 heterocycles. The molecule has 0 bridgehead atoms.